The molecule has 1 aromatic heterocycles. The van der Waals surface area contributed by atoms with Crippen LogP contribution in [0.1, 0.15) is 41.0 Å². The zero-order chi connectivity index (χ0) is 16.4. The molecule has 126 valence electrons. The number of rotatable bonds is 3. The number of aromatic nitrogens is 3. The van der Waals surface area contributed by atoms with Gasteiger partial charge in [0.15, 0.2) is 5.82 Å². The first-order valence-electron chi connectivity index (χ1n) is 8.77. The van der Waals surface area contributed by atoms with E-state index in [-0.39, 0.29) is 5.91 Å². The largest absolute Gasteiger partial charge is 0.329 e. The summed E-state index contributed by atoms with van der Waals surface area (Å²) in [6, 6.07) is 8.09. The van der Waals surface area contributed by atoms with E-state index in [1.807, 2.05) is 21.6 Å². The Bertz CT molecular complexity index is 720. The third kappa shape index (κ3) is 3.19. The summed E-state index contributed by atoms with van der Waals surface area (Å²) in [4.78, 5) is 17.2. The van der Waals surface area contributed by atoms with Crippen LogP contribution in [0.2, 0.25) is 0 Å². The van der Waals surface area contributed by atoms with E-state index in [0.717, 1.165) is 24.5 Å². The molecule has 0 N–H and O–H groups in total. The van der Waals surface area contributed by atoms with E-state index in [1.54, 1.807) is 6.33 Å². The highest BCUT2D eigenvalue weighted by atomic mass is 16.2. The Balaban J connectivity index is 1.45. The molecule has 0 saturated carbocycles. The van der Waals surface area contributed by atoms with Crippen molar-refractivity contribution in [2.45, 2.75) is 38.9 Å². The Morgan fingerprint density at radius 2 is 1.96 bits per heavy atom. The first kappa shape index (κ1) is 15.3. The highest BCUT2D eigenvalue weighted by Gasteiger charge is 2.23. The lowest BCUT2D eigenvalue weighted by atomic mass is 10.1. The molecule has 6 nitrogen and oxygen atoms in total. The first-order chi connectivity index (χ1) is 11.8. The molecule has 0 radical (unpaired) electrons. The smallest absolute Gasteiger partial charge is 0.254 e. The maximum absolute atomic E-state index is 12.8. The molecule has 0 spiro atoms. The Kier molecular flexibility index (Phi) is 4.30. The van der Waals surface area contributed by atoms with Crippen molar-refractivity contribution in [3.63, 3.8) is 0 Å². The zero-order valence-electron chi connectivity index (χ0n) is 13.9. The van der Waals surface area contributed by atoms with Gasteiger partial charge in [0.1, 0.15) is 6.33 Å². The number of carbonyl (C=O) groups excluding carboxylic acids is 1. The minimum Gasteiger partial charge on any atom is -0.329 e. The van der Waals surface area contributed by atoms with E-state index >= 15 is 0 Å². The molecule has 6 heteroatoms. The van der Waals surface area contributed by atoms with Gasteiger partial charge in [-0.1, -0.05) is 18.6 Å². The molecule has 0 bridgehead atoms. The molecule has 2 aliphatic rings. The second-order valence-electron chi connectivity index (χ2n) is 6.70. The summed E-state index contributed by atoms with van der Waals surface area (Å²) >= 11 is 0. The third-order valence-electron chi connectivity index (χ3n) is 4.95. The fraction of sp³-hybridized carbons (Fsp3) is 0.500. The zero-order valence-corrected chi connectivity index (χ0v) is 13.9. The van der Waals surface area contributed by atoms with Gasteiger partial charge in [0.2, 0.25) is 0 Å². The molecule has 1 aromatic carbocycles. The number of benzene rings is 1. The molecule has 1 amide bonds. The molecule has 2 aromatic rings. The van der Waals surface area contributed by atoms with Crippen LogP contribution >= 0.6 is 0 Å². The molecular weight excluding hydrogens is 302 g/mol. The minimum atomic E-state index is 0.0877. The summed E-state index contributed by atoms with van der Waals surface area (Å²) in [6.45, 7) is 5.28. The van der Waals surface area contributed by atoms with Gasteiger partial charge in [-0.2, -0.15) is 0 Å². The molecule has 4 rings (SSSR count). The fourth-order valence-corrected chi connectivity index (χ4v) is 3.60. The van der Waals surface area contributed by atoms with Gasteiger partial charge < -0.3 is 9.47 Å². The quantitative estimate of drug-likeness (QED) is 0.865. The number of amides is 1. The van der Waals surface area contributed by atoms with Crippen molar-refractivity contribution in [1.29, 1.82) is 0 Å². The molecule has 3 heterocycles. The maximum atomic E-state index is 12.8. The topological polar surface area (TPSA) is 54.3 Å². The number of hydrogen-bond donors (Lipinski definition) is 0. The predicted octanol–water partition coefficient (Wildman–Crippen LogP) is 1.92. The number of hydrogen-bond acceptors (Lipinski definition) is 4. The van der Waals surface area contributed by atoms with Crippen LogP contribution in [-0.2, 0) is 19.6 Å². The Morgan fingerprint density at radius 1 is 1.08 bits per heavy atom. The fourth-order valence-electron chi connectivity index (χ4n) is 3.60. The molecule has 24 heavy (non-hydrogen) atoms. The molecule has 2 aliphatic heterocycles. The van der Waals surface area contributed by atoms with Crippen molar-refractivity contribution in [2.24, 2.45) is 0 Å². The van der Waals surface area contributed by atoms with Crippen LogP contribution in [0.4, 0.5) is 0 Å². The Hall–Kier alpha value is -2.21. The average Bonchev–Trinajstić information content (AvgIpc) is 3.10. The van der Waals surface area contributed by atoms with Gasteiger partial charge in [0, 0.05) is 25.2 Å². The average molecular weight is 325 g/mol. The van der Waals surface area contributed by atoms with Crippen molar-refractivity contribution in [3.8, 4) is 0 Å². The molecule has 0 atom stereocenters. The van der Waals surface area contributed by atoms with Crippen LogP contribution in [0.15, 0.2) is 30.6 Å². The van der Waals surface area contributed by atoms with Crippen molar-refractivity contribution in [3.05, 3.63) is 47.5 Å². The summed E-state index contributed by atoms with van der Waals surface area (Å²) in [5.41, 5.74) is 2.00. The van der Waals surface area contributed by atoms with Crippen molar-refractivity contribution >= 4 is 5.91 Å². The van der Waals surface area contributed by atoms with Crippen LogP contribution in [0, 0.1) is 0 Å². The minimum absolute atomic E-state index is 0.0877. The summed E-state index contributed by atoms with van der Waals surface area (Å²) in [7, 11) is 0. The number of carbonyl (C=O) groups is 1. The lowest BCUT2D eigenvalue weighted by molar-refractivity contribution is 0.0707. The van der Waals surface area contributed by atoms with Gasteiger partial charge in [0.25, 0.3) is 5.91 Å². The van der Waals surface area contributed by atoms with Crippen LogP contribution < -0.4 is 0 Å². The van der Waals surface area contributed by atoms with Crippen LogP contribution in [0.3, 0.4) is 0 Å². The standard InChI is InChI=1S/C18H23N5O/c24-18(22-9-10-23-14-19-20-17(23)13-22)16-6-4-5-15(11-16)12-21-7-2-1-3-8-21/h4-6,11,14H,1-3,7-10,12-13H2. The van der Waals surface area contributed by atoms with Crippen LogP contribution in [-0.4, -0.2) is 50.1 Å². The van der Waals surface area contributed by atoms with Crippen molar-refractivity contribution in [1.82, 2.24) is 24.6 Å². The monoisotopic (exact) mass is 325 g/mol. The van der Waals surface area contributed by atoms with Gasteiger partial charge in [-0.05, 0) is 43.6 Å². The predicted molar refractivity (Wildman–Crippen MR) is 90.3 cm³/mol. The Morgan fingerprint density at radius 3 is 2.83 bits per heavy atom. The second kappa shape index (κ2) is 6.73. The molecular formula is C18H23N5O. The second-order valence-corrected chi connectivity index (χ2v) is 6.70. The lowest BCUT2D eigenvalue weighted by Gasteiger charge is -2.28. The maximum Gasteiger partial charge on any atom is 0.254 e. The van der Waals surface area contributed by atoms with E-state index in [0.29, 0.717) is 13.1 Å². The van der Waals surface area contributed by atoms with Gasteiger partial charge in [-0.15, -0.1) is 10.2 Å². The summed E-state index contributed by atoms with van der Waals surface area (Å²) < 4.78 is 2.01. The highest BCUT2D eigenvalue weighted by Crippen LogP contribution is 2.17. The molecule has 0 aliphatic carbocycles. The summed E-state index contributed by atoms with van der Waals surface area (Å²) in [5.74, 6) is 0.948. The number of likely N-dealkylation sites (tertiary alicyclic amines) is 1. The third-order valence-corrected chi connectivity index (χ3v) is 4.95. The SMILES string of the molecule is O=C(c1cccc(CN2CCCCC2)c1)N1CCn2cnnc2C1. The van der Waals surface area contributed by atoms with Gasteiger partial charge in [-0.3, -0.25) is 9.69 Å². The summed E-state index contributed by atoms with van der Waals surface area (Å²) in [5, 5.41) is 8.01. The Labute approximate surface area is 142 Å². The molecule has 1 saturated heterocycles. The van der Waals surface area contributed by atoms with E-state index in [9.17, 15) is 4.79 Å². The van der Waals surface area contributed by atoms with Crippen LogP contribution in [0.25, 0.3) is 0 Å². The van der Waals surface area contributed by atoms with Crippen LogP contribution in [0.5, 0.6) is 0 Å². The van der Waals surface area contributed by atoms with E-state index < -0.39 is 0 Å². The van der Waals surface area contributed by atoms with Crippen molar-refractivity contribution < 1.29 is 4.79 Å². The normalized spacial score (nSPS) is 18.4. The lowest BCUT2D eigenvalue weighted by Crippen LogP contribution is -2.38. The van der Waals surface area contributed by atoms with E-state index in [4.69, 9.17) is 0 Å². The molecule has 0 unspecified atom stereocenters. The number of nitrogens with zero attached hydrogens (tertiary/aromatic N) is 5. The number of piperidine rings is 1. The highest BCUT2D eigenvalue weighted by molar-refractivity contribution is 5.94. The number of fused-ring (bicyclic) bond motifs is 1. The summed E-state index contributed by atoms with van der Waals surface area (Å²) in [6.07, 6.45) is 5.64. The van der Waals surface area contributed by atoms with E-state index in [2.05, 4.69) is 27.2 Å². The molecule has 1 fully saturated rings. The van der Waals surface area contributed by atoms with E-state index in [1.165, 1.54) is 37.9 Å². The van der Waals surface area contributed by atoms with Crippen molar-refractivity contribution in [2.75, 3.05) is 19.6 Å². The first-order valence-corrected chi connectivity index (χ1v) is 8.77. The van der Waals surface area contributed by atoms with Gasteiger partial charge in [0.05, 0.1) is 6.54 Å². The van der Waals surface area contributed by atoms with Gasteiger partial charge >= 0.3 is 0 Å². The van der Waals surface area contributed by atoms with Gasteiger partial charge in [-0.25, -0.2) is 0 Å².